The van der Waals surface area contributed by atoms with Crippen molar-refractivity contribution in [3.8, 4) is 6.07 Å². The molecule has 0 unspecified atom stereocenters. The van der Waals surface area contributed by atoms with Crippen LogP contribution >= 0.6 is 0 Å². The topological polar surface area (TPSA) is 127 Å². The Bertz CT molecular complexity index is 1430. The second-order valence-electron chi connectivity index (χ2n) is 8.27. The van der Waals surface area contributed by atoms with Crippen LogP contribution < -0.4 is 0 Å². The molecule has 4 heterocycles. The third-order valence-electron chi connectivity index (χ3n) is 5.88. The highest BCUT2D eigenvalue weighted by Crippen LogP contribution is 2.34. The quantitative estimate of drug-likeness (QED) is 0.415. The summed E-state index contributed by atoms with van der Waals surface area (Å²) in [5.41, 5.74) is 2.12. The first-order valence-corrected chi connectivity index (χ1v) is 11.0. The fourth-order valence-corrected chi connectivity index (χ4v) is 4.38. The van der Waals surface area contributed by atoms with E-state index in [0.717, 1.165) is 41.7 Å². The molecule has 1 N–H and O–H groups in total. The van der Waals surface area contributed by atoms with Gasteiger partial charge in [0.1, 0.15) is 11.3 Å². The molecule has 0 bridgehead atoms. The van der Waals surface area contributed by atoms with E-state index in [-0.39, 0.29) is 25.0 Å². The van der Waals surface area contributed by atoms with Crippen LogP contribution in [0.25, 0.3) is 21.9 Å². The van der Waals surface area contributed by atoms with Gasteiger partial charge in [0.05, 0.1) is 46.9 Å². The van der Waals surface area contributed by atoms with E-state index in [4.69, 9.17) is 19.6 Å². The van der Waals surface area contributed by atoms with Gasteiger partial charge in [0, 0.05) is 30.7 Å². The van der Waals surface area contributed by atoms with Crippen molar-refractivity contribution in [1.29, 1.82) is 5.26 Å². The predicted molar refractivity (Wildman–Crippen MR) is 122 cm³/mol. The molecule has 3 aromatic heterocycles. The van der Waals surface area contributed by atoms with Crippen molar-refractivity contribution >= 4 is 28.4 Å². The summed E-state index contributed by atoms with van der Waals surface area (Å²) >= 11 is 0. The number of rotatable bonds is 3. The second-order valence-corrected chi connectivity index (χ2v) is 8.27. The highest BCUT2D eigenvalue weighted by atomic mass is 19.4. The lowest BCUT2D eigenvalue weighted by Crippen LogP contribution is -2.26. The Morgan fingerprint density at radius 3 is 2.64 bits per heavy atom. The standard InChI is InChI=1S/C23H19F3N6O.CH2O2/c1-13-6-16(4-5-33-13)32-21(8-15-10-30-20(12-28-15)23(24,25)26)31-19-11-29-18-3-2-14(9-27)7-17(18)22(19)32;2-1-3/h2-3,7,10-13,16H,4-6,8H2,1H3;1H,(H,2,3)/t13-,16-;/m1./s1. The number of imidazole rings is 1. The van der Waals surface area contributed by atoms with E-state index in [1.807, 2.05) is 6.92 Å². The average Bonchev–Trinajstić information content (AvgIpc) is 3.22. The molecule has 12 heteroatoms. The van der Waals surface area contributed by atoms with Crippen molar-refractivity contribution in [3.63, 3.8) is 0 Å². The van der Waals surface area contributed by atoms with Crippen molar-refractivity contribution < 1.29 is 27.8 Å². The molecule has 0 radical (unpaired) electrons. The van der Waals surface area contributed by atoms with Gasteiger partial charge in [-0.1, -0.05) is 0 Å². The number of hydrogen-bond acceptors (Lipinski definition) is 7. The number of carboxylic acid groups (broad SMARTS) is 1. The van der Waals surface area contributed by atoms with Gasteiger partial charge >= 0.3 is 6.18 Å². The van der Waals surface area contributed by atoms with Crippen LogP contribution in [0.4, 0.5) is 13.2 Å². The zero-order valence-electron chi connectivity index (χ0n) is 19.1. The molecule has 1 aliphatic rings. The minimum absolute atomic E-state index is 0.0580. The molecule has 0 aliphatic carbocycles. The van der Waals surface area contributed by atoms with Crippen LogP contribution in [0.2, 0.25) is 0 Å². The molecule has 9 nitrogen and oxygen atoms in total. The van der Waals surface area contributed by atoms with Gasteiger partial charge in [0.15, 0.2) is 5.69 Å². The summed E-state index contributed by atoms with van der Waals surface area (Å²) in [5.74, 6) is 0.662. The SMILES string of the molecule is C[C@@H]1C[C@H](n2c(Cc3cnc(C(F)(F)F)cn3)nc3cnc4ccc(C#N)cc4c32)CCO1.O=CO. The summed E-state index contributed by atoms with van der Waals surface area (Å²) in [7, 11) is 0. The van der Waals surface area contributed by atoms with Gasteiger partial charge in [-0.25, -0.2) is 9.97 Å². The average molecular weight is 498 g/mol. The van der Waals surface area contributed by atoms with Crippen LogP contribution in [-0.2, 0) is 22.1 Å². The maximum Gasteiger partial charge on any atom is 0.434 e. The first-order chi connectivity index (χ1) is 17.2. The van der Waals surface area contributed by atoms with E-state index in [2.05, 4.69) is 25.6 Å². The van der Waals surface area contributed by atoms with E-state index in [9.17, 15) is 18.4 Å². The van der Waals surface area contributed by atoms with Gasteiger partial charge in [0.25, 0.3) is 6.47 Å². The molecule has 2 atom stereocenters. The number of nitrogens with zero attached hydrogens (tertiary/aromatic N) is 6. The highest BCUT2D eigenvalue weighted by Gasteiger charge is 2.33. The molecule has 1 fully saturated rings. The lowest BCUT2D eigenvalue weighted by atomic mass is 10.0. The van der Waals surface area contributed by atoms with Crippen LogP contribution in [0.1, 0.15) is 48.6 Å². The Labute approximate surface area is 203 Å². The van der Waals surface area contributed by atoms with Crippen molar-refractivity contribution in [3.05, 3.63) is 59.6 Å². The Morgan fingerprint density at radius 2 is 2.00 bits per heavy atom. The summed E-state index contributed by atoms with van der Waals surface area (Å²) in [4.78, 5) is 25.1. The summed E-state index contributed by atoms with van der Waals surface area (Å²) in [5, 5.41) is 17.1. The van der Waals surface area contributed by atoms with Crippen LogP contribution in [-0.4, -0.2) is 48.8 Å². The van der Waals surface area contributed by atoms with Crippen molar-refractivity contribution in [2.45, 2.75) is 44.5 Å². The Morgan fingerprint density at radius 1 is 1.22 bits per heavy atom. The van der Waals surface area contributed by atoms with Crippen LogP contribution in [0.5, 0.6) is 0 Å². The molecule has 186 valence electrons. The van der Waals surface area contributed by atoms with E-state index < -0.39 is 11.9 Å². The molecule has 5 rings (SSSR count). The Hall–Kier alpha value is -4.11. The lowest BCUT2D eigenvalue weighted by molar-refractivity contribution is -0.141. The molecule has 1 aliphatic heterocycles. The smallest absolute Gasteiger partial charge is 0.434 e. The molecular formula is C24H21F3N6O3. The highest BCUT2D eigenvalue weighted by molar-refractivity contribution is 6.02. The Kier molecular flexibility index (Phi) is 7.12. The minimum atomic E-state index is -4.54. The fraction of sp³-hybridized carbons (Fsp3) is 0.333. The molecule has 0 saturated carbocycles. The first-order valence-electron chi connectivity index (χ1n) is 11.0. The zero-order chi connectivity index (χ0) is 25.9. The van der Waals surface area contributed by atoms with E-state index >= 15 is 0 Å². The second kappa shape index (κ2) is 10.2. The zero-order valence-corrected chi connectivity index (χ0v) is 19.1. The van der Waals surface area contributed by atoms with E-state index in [1.54, 1.807) is 24.4 Å². The third kappa shape index (κ3) is 5.11. The van der Waals surface area contributed by atoms with Gasteiger partial charge in [-0.05, 0) is 38.0 Å². The number of alkyl halides is 3. The van der Waals surface area contributed by atoms with Gasteiger partial charge in [-0.3, -0.25) is 14.8 Å². The molecule has 0 amide bonds. The van der Waals surface area contributed by atoms with Crippen LogP contribution in [0.15, 0.2) is 36.8 Å². The summed E-state index contributed by atoms with van der Waals surface area (Å²) < 4.78 is 46.5. The third-order valence-corrected chi connectivity index (χ3v) is 5.88. The molecule has 0 spiro atoms. The summed E-state index contributed by atoms with van der Waals surface area (Å²) in [6, 6.07) is 7.56. The lowest BCUT2D eigenvalue weighted by Gasteiger charge is -2.30. The van der Waals surface area contributed by atoms with Crippen molar-refractivity contribution in [2.75, 3.05) is 6.61 Å². The predicted octanol–water partition coefficient (Wildman–Crippen LogP) is 4.30. The number of aromatic nitrogens is 5. The number of hydrogen-bond donors (Lipinski definition) is 1. The first kappa shape index (κ1) is 25.0. The number of ether oxygens (including phenoxy) is 1. The minimum Gasteiger partial charge on any atom is -0.483 e. The number of nitriles is 1. The monoisotopic (exact) mass is 498 g/mol. The largest absolute Gasteiger partial charge is 0.483 e. The van der Waals surface area contributed by atoms with Gasteiger partial charge in [-0.2, -0.15) is 18.4 Å². The van der Waals surface area contributed by atoms with Crippen molar-refractivity contribution in [1.82, 2.24) is 24.5 Å². The molecule has 1 aromatic carbocycles. The fourth-order valence-electron chi connectivity index (χ4n) is 4.38. The molecule has 36 heavy (non-hydrogen) atoms. The van der Waals surface area contributed by atoms with Crippen LogP contribution in [0.3, 0.4) is 0 Å². The number of carbonyl (C=O) groups is 1. The van der Waals surface area contributed by atoms with Crippen molar-refractivity contribution in [2.24, 2.45) is 0 Å². The molecular weight excluding hydrogens is 477 g/mol. The number of pyridine rings is 1. The number of halogens is 3. The number of fused-ring (bicyclic) bond motifs is 3. The summed E-state index contributed by atoms with van der Waals surface area (Å²) in [6.45, 7) is 2.36. The summed E-state index contributed by atoms with van der Waals surface area (Å²) in [6.07, 6.45) is 0.832. The molecule has 1 saturated heterocycles. The van der Waals surface area contributed by atoms with E-state index in [0.29, 0.717) is 29.2 Å². The van der Waals surface area contributed by atoms with Gasteiger partial charge in [0.2, 0.25) is 0 Å². The number of benzene rings is 1. The normalized spacial score (nSPS) is 17.9. The van der Waals surface area contributed by atoms with Gasteiger partial charge < -0.3 is 14.4 Å². The van der Waals surface area contributed by atoms with Gasteiger partial charge in [-0.15, -0.1) is 0 Å². The molecule has 4 aromatic rings. The Balaban J connectivity index is 0.000000967. The van der Waals surface area contributed by atoms with E-state index in [1.165, 1.54) is 0 Å². The maximum atomic E-state index is 12.9. The maximum absolute atomic E-state index is 12.9. The van der Waals surface area contributed by atoms with Crippen LogP contribution in [0, 0.1) is 11.3 Å².